The summed E-state index contributed by atoms with van der Waals surface area (Å²) in [6, 6.07) is 5.86. The van der Waals surface area contributed by atoms with Crippen molar-refractivity contribution in [1.82, 2.24) is 9.88 Å². The van der Waals surface area contributed by atoms with Gasteiger partial charge >= 0.3 is 6.18 Å². The van der Waals surface area contributed by atoms with Crippen LogP contribution in [-0.2, 0) is 11.0 Å². The van der Waals surface area contributed by atoms with Gasteiger partial charge in [0.15, 0.2) is 10.8 Å². The Balaban J connectivity index is 1.79. The minimum Gasteiger partial charge on any atom is -0.345 e. The quantitative estimate of drug-likeness (QED) is 0.479. The number of benzene rings is 1. The van der Waals surface area contributed by atoms with Crippen molar-refractivity contribution in [1.29, 1.82) is 5.26 Å². The maximum absolute atomic E-state index is 14.8. The number of amides is 2. The molecule has 1 saturated carbocycles. The Hall–Kier alpha value is -3.59. The second-order valence-corrected chi connectivity index (χ2v) is 8.57. The first-order valence-corrected chi connectivity index (χ1v) is 10.5. The number of halogens is 4. The van der Waals surface area contributed by atoms with E-state index in [0.717, 1.165) is 17.2 Å². The van der Waals surface area contributed by atoms with Gasteiger partial charge in [0.2, 0.25) is 0 Å². The fourth-order valence-corrected chi connectivity index (χ4v) is 4.62. The molecule has 2 aliphatic rings. The lowest BCUT2D eigenvalue weighted by atomic mass is 9.75. The summed E-state index contributed by atoms with van der Waals surface area (Å²) >= 11 is 5.48. The van der Waals surface area contributed by atoms with Crippen LogP contribution in [0.3, 0.4) is 0 Å². The largest absolute Gasteiger partial charge is 0.419 e. The average Bonchev–Trinajstić information content (AvgIpc) is 2.98. The van der Waals surface area contributed by atoms with Gasteiger partial charge in [-0.15, -0.1) is 0 Å². The number of anilines is 2. The van der Waals surface area contributed by atoms with Crippen LogP contribution in [0.25, 0.3) is 0 Å². The Morgan fingerprint density at radius 1 is 1.24 bits per heavy atom. The fraction of sp³-hybridized carbons (Fsp3) is 0.318. The maximum Gasteiger partial charge on any atom is 0.419 e. The van der Waals surface area contributed by atoms with Gasteiger partial charge < -0.3 is 9.80 Å². The molecule has 0 bridgehead atoms. The van der Waals surface area contributed by atoms with Gasteiger partial charge in [0.25, 0.3) is 11.8 Å². The van der Waals surface area contributed by atoms with Gasteiger partial charge in [0.05, 0.1) is 23.0 Å². The van der Waals surface area contributed by atoms with Gasteiger partial charge in [-0.25, -0.2) is 9.37 Å². The van der Waals surface area contributed by atoms with Crippen LogP contribution in [0.1, 0.15) is 40.9 Å². The van der Waals surface area contributed by atoms with Crippen molar-refractivity contribution >= 4 is 40.5 Å². The smallest absolute Gasteiger partial charge is 0.345 e. The number of carbonyl (C=O) groups excluding carboxylic acids is 2. The second kappa shape index (κ2) is 8.02. The molecule has 2 fully saturated rings. The summed E-state index contributed by atoms with van der Waals surface area (Å²) in [5, 5.41) is 8.85. The molecule has 0 unspecified atom stereocenters. The van der Waals surface area contributed by atoms with E-state index >= 15 is 0 Å². The van der Waals surface area contributed by atoms with Gasteiger partial charge in [-0.3, -0.25) is 14.5 Å². The molecule has 0 atom stereocenters. The first kappa shape index (κ1) is 23.6. The van der Waals surface area contributed by atoms with Crippen LogP contribution in [0.5, 0.6) is 0 Å². The van der Waals surface area contributed by atoms with E-state index in [2.05, 4.69) is 4.98 Å². The van der Waals surface area contributed by atoms with Gasteiger partial charge in [-0.05, 0) is 55.7 Å². The second-order valence-electron chi connectivity index (χ2n) is 8.21. The van der Waals surface area contributed by atoms with Gasteiger partial charge in [-0.2, -0.15) is 18.4 Å². The third-order valence-corrected chi connectivity index (χ3v) is 6.35. The number of rotatable bonds is 3. The molecular formula is C22H17F4N5O2S. The van der Waals surface area contributed by atoms with Crippen LogP contribution in [-0.4, -0.2) is 46.4 Å². The topological polar surface area (TPSA) is 80.5 Å². The molecule has 2 heterocycles. The number of carbonyl (C=O) groups is 2. The Kier molecular flexibility index (Phi) is 5.56. The minimum absolute atomic E-state index is 0.143. The van der Waals surface area contributed by atoms with E-state index < -0.39 is 40.6 Å². The molecule has 176 valence electrons. The van der Waals surface area contributed by atoms with E-state index in [1.807, 2.05) is 0 Å². The first-order valence-electron chi connectivity index (χ1n) is 10.1. The van der Waals surface area contributed by atoms with E-state index in [9.17, 15) is 27.2 Å². The molecule has 1 aliphatic heterocycles. The monoisotopic (exact) mass is 491 g/mol. The number of pyridine rings is 1. The molecule has 0 N–H and O–H groups in total. The van der Waals surface area contributed by atoms with Crippen LogP contribution in [0, 0.1) is 17.1 Å². The predicted octanol–water partition coefficient (Wildman–Crippen LogP) is 3.87. The Morgan fingerprint density at radius 3 is 2.41 bits per heavy atom. The lowest BCUT2D eigenvalue weighted by Gasteiger charge is -2.43. The molecule has 2 aromatic rings. The predicted molar refractivity (Wildman–Crippen MR) is 118 cm³/mol. The van der Waals surface area contributed by atoms with Crippen molar-refractivity contribution in [3.8, 4) is 6.07 Å². The highest BCUT2D eigenvalue weighted by atomic mass is 32.1. The molecule has 0 radical (unpaired) electrons. The van der Waals surface area contributed by atoms with Crippen molar-refractivity contribution < 1.29 is 27.2 Å². The van der Waals surface area contributed by atoms with Gasteiger partial charge in [-0.1, -0.05) is 0 Å². The molecular weight excluding hydrogens is 474 g/mol. The molecule has 1 aromatic carbocycles. The number of hydrogen-bond acceptors (Lipinski definition) is 5. The molecule has 7 nitrogen and oxygen atoms in total. The summed E-state index contributed by atoms with van der Waals surface area (Å²) in [4.78, 5) is 32.8. The summed E-state index contributed by atoms with van der Waals surface area (Å²) in [5.41, 5.74) is -3.51. The number of alkyl halides is 3. The van der Waals surface area contributed by atoms with E-state index in [4.69, 9.17) is 17.5 Å². The summed E-state index contributed by atoms with van der Waals surface area (Å²) in [5.74, 6) is -1.93. The molecule has 1 aliphatic carbocycles. The number of aromatic nitrogens is 1. The Labute approximate surface area is 197 Å². The summed E-state index contributed by atoms with van der Waals surface area (Å²) in [7, 11) is 2.96. The molecule has 4 rings (SSSR count). The summed E-state index contributed by atoms with van der Waals surface area (Å²) in [6.07, 6.45) is -2.51. The average molecular weight is 491 g/mol. The summed E-state index contributed by atoms with van der Waals surface area (Å²) in [6.45, 7) is 0. The number of nitrogens with zero attached hydrogens (tertiary/aromatic N) is 5. The highest BCUT2D eigenvalue weighted by molar-refractivity contribution is 7.81. The minimum atomic E-state index is -4.87. The van der Waals surface area contributed by atoms with Crippen LogP contribution < -0.4 is 9.80 Å². The number of hydrogen-bond donors (Lipinski definition) is 0. The zero-order valence-corrected chi connectivity index (χ0v) is 18.8. The van der Waals surface area contributed by atoms with Crippen molar-refractivity contribution in [2.24, 2.45) is 0 Å². The van der Waals surface area contributed by atoms with Crippen LogP contribution in [0.15, 0.2) is 30.5 Å². The van der Waals surface area contributed by atoms with E-state index in [-0.39, 0.29) is 22.1 Å². The fourth-order valence-electron chi connectivity index (χ4n) is 4.15. The van der Waals surface area contributed by atoms with Crippen molar-refractivity contribution in [3.63, 3.8) is 0 Å². The third kappa shape index (κ3) is 3.47. The molecule has 1 aromatic heterocycles. The number of thiocarbonyl (C=S) groups is 1. The van der Waals surface area contributed by atoms with Crippen molar-refractivity contribution in [2.45, 2.75) is 31.0 Å². The van der Waals surface area contributed by atoms with Gasteiger partial charge in [0, 0.05) is 19.8 Å². The van der Waals surface area contributed by atoms with Crippen LogP contribution >= 0.6 is 12.2 Å². The lowest BCUT2D eigenvalue weighted by Crippen LogP contribution is -2.55. The van der Waals surface area contributed by atoms with Crippen molar-refractivity contribution in [2.75, 3.05) is 23.9 Å². The number of nitriles is 1. The molecule has 12 heteroatoms. The Morgan fingerprint density at radius 2 is 1.91 bits per heavy atom. The zero-order valence-electron chi connectivity index (χ0n) is 18.0. The van der Waals surface area contributed by atoms with E-state index in [1.54, 1.807) is 0 Å². The maximum atomic E-state index is 14.8. The van der Waals surface area contributed by atoms with E-state index in [1.165, 1.54) is 42.1 Å². The summed E-state index contributed by atoms with van der Waals surface area (Å²) < 4.78 is 55.2. The molecule has 34 heavy (non-hydrogen) atoms. The van der Waals surface area contributed by atoms with Crippen LogP contribution in [0.4, 0.5) is 28.9 Å². The molecule has 1 spiro atoms. The molecule has 2 amide bonds. The zero-order chi connectivity index (χ0) is 25.0. The van der Waals surface area contributed by atoms with Crippen LogP contribution in [0.2, 0.25) is 0 Å². The first-order chi connectivity index (χ1) is 15.9. The lowest BCUT2D eigenvalue weighted by molar-refractivity contribution is -0.138. The highest BCUT2D eigenvalue weighted by Gasteiger charge is 2.59. The van der Waals surface area contributed by atoms with Crippen molar-refractivity contribution in [3.05, 3.63) is 53.1 Å². The van der Waals surface area contributed by atoms with Gasteiger partial charge in [0.1, 0.15) is 17.4 Å². The SMILES string of the molecule is CN(C)C(=O)c1ccc(N2C(=S)N(c3cnc(C#N)c(C(F)(F)F)c3)C(=O)C23CCC3)cc1F. The standard InChI is InChI=1S/C22H17F4N5O2S/c1-29(2)18(32)14-5-4-12(9-16(14)23)31-20(34)30(19(33)21(31)6-3-7-21)13-8-15(22(24,25)26)17(10-27)28-11-13/h4-5,8-9,11H,3,6-7H2,1-2H3. The normalized spacial score (nSPS) is 17.1. The Bertz CT molecular complexity index is 1270. The molecule has 1 saturated heterocycles. The highest BCUT2D eigenvalue weighted by Crippen LogP contribution is 2.48. The van der Waals surface area contributed by atoms with E-state index in [0.29, 0.717) is 25.3 Å². The third-order valence-electron chi connectivity index (χ3n) is 5.98.